The number of anilines is 2. The number of benzene rings is 2. The van der Waals surface area contributed by atoms with Crippen LogP contribution in [-0.4, -0.2) is 38.2 Å². The van der Waals surface area contributed by atoms with Crippen LogP contribution >= 0.6 is 15.9 Å². The normalized spacial score (nSPS) is 11.6. The number of hydrazone groups is 1. The summed E-state index contributed by atoms with van der Waals surface area (Å²) in [6.07, 6.45) is 0. The van der Waals surface area contributed by atoms with Gasteiger partial charge in [0, 0.05) is 10.2 Å². The Balaban J connectivity index is 1.91. The fourth-order valence-corrected chi connectivity index (χ4v) is 3.15. The van der Waals surface area contributed by atoms with Crippen molar-refractivity contribution in [1.82, 2.24) is 20.3 Å². The summed E-state index contributed by atoms with van der Waals surface area (Å²) in [5, 5.41) is 25.1. The molecule has 10 nitrogen and oxygen atoms in total. The largest absolute Gasteiger partial charge is 0.504 e. The molecule has 2 aromatic carbocycles. The number of hydrogen-bond donors (Lipinski definition) is 3. The van der Waals surface area contributed by atoms with Crippen LogP contribution in [-0.2, 0) is 0 Å². The number of hydrogen-bond acceptors (Lipinski definition) is 10. The minimum Gasteiger partial charge on any atom is -0.504 e. The van der Waals surface area contributed by atoms with Gasteiger partial charge in [-0.05, 0) is 34.6 Å². The Bertz CT molecular complexity index is 1210. The number of ether oxygens (including phenoxy) is 1. The Morgan fingerprint density at radius 2 is 1.90 bits per heavy atom. The van der Waals surface area contributed by atoms with Gasteiger partial charge in [-0.3, -0.25) is 0 Å². The van der Waals surface area contributed by atoms with E-state index in [-0.39, 0.29) is 34.2 Å². The number of methoxy groups -OCH3 is 1. The molecule has 0 atom stereocenters. The summed E-state index contributed by atoms with van der Waals surface area (Å²) in [5.74, 6) is 6.10. The van der Waals surface area contributed by atoms with Crippen LogP contribution in [0.3, 0.4) is 0 Å². The molecule has 0 saturated carbocycles. The van der Waals surface area contributed by atoms with Crippen molar-refractivity contribution in [1.29, 1.82) is 0 Å². The summed E-state index contributed by atoms with van der Waals surface area (Å²) < 4.78 is 10.6. The quantitative estimate of drug-likeness (QED) is 0.234. The van der Waals surface area contributed by atoms with Crippen molar-refractivity contribution in [3.63, 3.8) is 0 Å². The number of nitrogens with two attached hydrogens (primary N) is 1. The Morgan fingerprint density at radius 3 is 2.59 bits per heavy atom. The maximum absolute atomic E-state index is 10.6. The molecule has 0 aliphatic carbocycles. The minimum absolute atomic E-state index is 0.147. The van der Waals surface area contributed by atoms with Crippen molar-refractivity contribution in [2.45, 2.75) is 0 Å². The summed E-state index contributed by atoms with van der Waals surface area (Å²) in [6.45, 7) is 0. The smallest absolute Gasteiger partial charge is 0.245 e. The highest BCUT2D eigenvalue weighted by Crippen LogP contribution is 2.36. The summed E-state index contributed by atoms with van der Waals surface area (Å²) >= 11 is 3.39. The zero-order valence-corrected chi connectivity index (χ0v) is 16.6. The van der Waals surface area contributed by atoms with E-state index in [0.717, 1.165) is 5.69 Å². The molecule has 0 saturated heterocycles. The molecule has 0 aliphatic rings. The van der Waals surface area contributed by atoms with Gasteiger partial charge in [0.2, 0.25) is 11.3 Å². The number of phenols is 1. The summed E-state index contributed by atoms with van der Waals surface area (Å²) in [7, 11) is 1.44. The second kappa shape index (κ2) is 7.72. The highest BCUT2D eigenvalue weighted by molar-refractivity contribution is 9.10. The molecule has 2 aromatic heterocycles. The molecule has 4 N–H and O–H groups in total. The lowest BCUT2D eigenvalue weighted by Gasteiger charge is -2.14. The van der Waals surface area contributed by atoms with Crippen LogP contribution in [0.2, 0.25) is 0 Å². The third kappa shape index (κ3) is 3.55. The standard InChI is InChI=1S/C18H14BrN7O3/c1-28-12-8-9(19)7-11(15(12)27)13(24-20)14-16(21-10-5-3-2-4-6-10)23-18-17(22-14)25-29-26-18/h2-8,27H,20H2,1H3,(H,21,23,26). The van der Waals surface area contributed by atoms with Gasteiger partial charge in [0.1, 0.15) is 11.4 Å². The van der Waals surface area contributed by atoms with Gasteiger partial charge < -0.3 is 21.0 Å². The van der Waals surface area contributed by atoms with Crippen LogP contribution in [0.5, 0.6) is 11.5 Å². The van der Waals surface area contributed by atoms with E-state index in [1.54, 1.807) is 12.1 Å². The zero-order chi connectivity index (χ0) is 20.4. The third-order valence-electron chi connectivity index (χ3n) is 4.02. The van der Waals surface area contributed by atoms with Crippen molar-refractivity contribution in [3.8, 4) is 11.5 Å². The van der Waals surface area contributed by atoms with Crippen molar-refractivity contribution in [2.24, 2.45) is 10.9 Å². The van der Waals surface area contributed by atoms with E-state index in [0.29, 0.717) is 15.9 Å². The van der Waals surface area contributed by atoms with Crippen LogP contribution in [0.15, 0.2) is 56.7 Å². The molecule has 0 fully saturated rings. The third-order valence-corrected chi connectivity index (χ3v) is 4.48. The molecule has 29 heavy (non-hydrogen) atoms. The Hall–Kier alpha value is -3.73. The predicted octanol–water partition coefficient (Wildman–Crippen LogP) is 2.94. The van der Waals surface area contributed by atoms with E-state index in [4.69, 9.17) is 15.2 Å². The first-order valence-electron chi connectivity index (χ1n) is 8.28. The van der Waals surface area contributed by atoms with Gasteiger partial charge in [-0.2, -0.15) is 5.10 Å². The number of phenolic OH excluding ortho intramolecular Hbond substituents is 1. The number of fused-ring (bicyclic) bond motifs is 1. The molecule has 0 aliphatic heterocycles. The second-order valence-electron chi connectivity index (χ2n) is 5.81. The van der Waals surface area contributed by atoms with E-state index in [2.05, 4.69) is 46.6 Å². The first kappa shape index (κ1) is 18.6. The molecule has 0 spiro atoms. The SMILES string of the molecule is COc1cc(Br)cc(C(=NN)c2nc3nonc3nc2Nc2ccccc2)c1O. The van der Waals surface area contributed by atoms with E-state index in [1.165, 1.54) is 7.11 Å². The topological polar surface area (TPSA) is 145 Å². The number of aromatic nitrogens is 4. The molecular weight excluding hydrogens is 442 g/mol. The van der Waals surface area contributed by atoms with Gasteiger partial charge in [0.15, 0.2) is 17.3 Å². The first-order valence-corrected chi connectivity index (χ1v) is 9.07. The maximum Gasteiger partial charge on any atom is 0.245 e. The van der Waals surface area contributed by atoms with E-state index < -0.39 is 0 Å². The number of aromatic hydroxyl groups is 1. The molecule has 0 unspecified atom stereocenters. The van der Waals surface area contributed by atoms with Crippen molar-refractivity contribution in [3.05, 3.63) is 58.2 Å². The van der Waals surface area contributed by atoms with Gasteiger partial charge in [0.25, 0.3) is 0 Å². The van der Waals surface area contributed by atoms with Gasteiger partial charge in [-0.25, -0.2) is 14.6 Å². The van der Waals surface area contributed by atoms with Crippen molar-refractivity contribution in [2.75, 3.05) is 12.4 Å². The summed E-state index contributed by atoms with van der Waals surface area (Å²) in [4.78, 5) is 8.85. The number of nitrogens with one attached hydrogen (secondary N) is 1. The lowest BCUT2D eigenvalue weighted by molar-refractivity contribution is 0.314. The molecule has 0 bridgehead atoms. The molecule has 146 valence electrons. The van der Waals surface area contributed by atoms with Crippen molar-refractivity contribution < 1.29 is 14.5 Å². The molecule has 4 aromatic rings. The fourth-order valence-electron chi connectivity index (χ4n) is 2.72. The van der Waals surface area contributed by atoms with E-state index in [1.807, 2.05) is 30.3 Å². The van der Waals surface area contributed by atoms with Crippen LogP contribution < -0.4 is 15.9 Å². The lowest BCUT2D eigenvalue weighted by Crippen LogP contribution is -2.14. The predicted molar refractivity (Wildman–Crippen MR) is 109 cm³/mol. The number of rotatable bonds is 5. The molecule has 0 amide bonds. The molecule has 4 rings (SSSR count). The van der Waals surface area contributed by atoms with Crippen LogP contribution in [0.4, 0.5) is 11.5 Å². The Morgan fingerprint density at radius 1 is 1.17 bits per heavy atom. The first-order chi connectivity index (χ1) is 14.1. The van der Waals surface area contributed by atoms with Gasteiger partial charge >= 0.3 is 0 Å². The van der Waals surface area contributed by atoms with Gasteiger partial charge in [-0.15, -0.1) is 0 Å². The zero-order valence-electron chi connectivity index (χ0n) is 15.0. The Kier molecular flexibility index (Phi) is 4.96. The van der Waals surface area contributed by atoms with Crippen LogP contribution in [0.25, 0.3) is 11.3 Å². The van der Waals surface area contributed by atoms with E-state index in [9.17, 15) is 5.11 Å². The summed E-state index contributed by atoms with van der Waals surface area (Å²) in [5.41, 5.74) is 1.83. The van der Waals surface area contributed by atoms with Crippen LogP contribution in [0, 0.1) is 0 Å². The minimum atomic E-state index is -0.147. The molecule has 11 heteroatoms. The lowest BCUT2D eigenvalue weighted by atomic mass is 10.0. The number of halogens is 1. The molecule has 2 heterocycles. The molecule has 0 radical (unpaired) electrons. The highest BCUT2D eigenvalue weighted by atomic mass is 79.9. The summed E-state index contributed by atoms with van der Waals surface area (Å²) in [6, 6.07) is 12.6. The molecular formula is C18H14BrN7O3. The van der Waals surface area contributed by atoms with Gasteiger partial charge in [-0.1, -0.05) is 34.1 Å². The average molecular weight is 456 g/mol. The average Bonchev–Trinajstić information content (AvgIpc) is 3.19. The van der Waals surface area contributed by atoms with Crippen molar-refractivity contribution >= 4 is 44.4 Å². The van der Waals surface area contributed by atoms with E-state index >= 15 is 0 Å². The monoisotopic (exact) mass is 455 g/mol. The number of para-hydroxylation sites is 1. The number of nitrogens with zero attached hydrogens (tertiary/aromatic N) is 5. The highest BCUT2D eigenvalue weighted by Gasteiger charge is 2.23. The maximum atomic E-state index is 10.6. The van der Waals surface area contributed by atoms with Gasteiger partial charge in [0.05, 0.1) is 12.7 Å². The van der Waals surface area contributed by atoms with Crippen LogP contribution in [0.1, 0.15) is 11.3 Å². The fraction of sp³-hybridized carbons (Fsp3) is 0.0556. The second-order valence-corrected chi connectivity index (χ2v) is 6.72. The Labute approximate surface area is 172 Å².